The molecule has 1 aromatic heterocycles. The second-order valence-corrected chi connectivity index (χ2v) is 4.25. The lowest BCUT2D eigenvalue weighted by Gasteiger charge is -2.13. The van der Waals surface area contributed by atoms with Gasteiger partial charge in [0.05, 0.1) is 0 Å². The third-order valence-electron chi connectivity index (χ3n) is 2.94. The smallest absolute Gasteiger partial charge is 0.166 e. The van der Waals surface area contributed by atoms with E-state index in [0.29, 0.717) is 18.2 Å². The van der Waals surface area contributed by atoms with Gasteiger partial charge in [-0.3, -0.25) is 0 Å². The van der Waals surface area contributed by atoms with Crippen LogP contribution in [0.5, 0.6) is 11.5 Å². The number of benzene rings is 1. The first-order chi connectivity index (χ1) is 8.83. The highest BCUT2D eigenvalue weighted by molar-refractivity contribution is 5.44. The van der Waals surface area contributed by atoms with Gasteiger partial charge >= 0.3 is 0 Å². The maximum atomic E-state index is 5.78. The zero-order valence-corrected chi connectivity index (χ0v) is 9.87. The van der Waals surface area contributed by atoms with Crippen LogP contribution >= 0.6 is 0 Å². The van der Waals surface area contributed by atoms with Crippen LogP contribution in [0, 0.1) is 0 Å². The number of nitrogen functional groups attached to an aromatic ring is 1. The third kappa shape index (κ3) is 2.09. The summed E-state index contributed by atoms with van der Waals surface area (Å²) in [6.07, 6.45) is 2.56. The average Bonchev–Trinajstić information content (AvgIpc) is 2.80. The van der Waals surface area contributed by atoms with Gasteiger partial charge in [0.25, 0.3) is 0 Å². The van der Waals surface area contributed by atoms with Gasteiger partial charge in [0.1, 0.15) is 18.5 Å². The second kappa shape index (κ2) is 4.56. The molecule has 0 bridgehead atoms. The van der Waals surface area contributed by atoms with E-state index < -0.39 is 0 Å². The van der Waals surface area contributed by atoms with E-state index in [1.807, 2.05) is 24.3 Å². The number of nitrogens with zero attached hydrogens (tertiary/aromatic N) is 1. The molecule has 1 aromatic carbocycles. The monoisotopic (exact) mass is 242 g/mol. The summed E-state index contributed by atoms with van der Waals surface area (Å²) in [5, 5.41) is 0. The van der Waals surface area contributed by atoms with Crippen LogP contribution < -0.4 is 15.2 Å². The minimum absolute atomic E-state index is 0.0435. The fourth-order valence-electron chi connectivity index (χ4n) is 2.05. The van der Waals surface area contributed by atoms with E-state index >= 15 is 0 Å². The van der Waals surface area contributed by atoms with Crippen LogP contribution in [0.1, 0.15) is 5.56 Å². The summed E-state index contributed by atoms with van der Waals surface area (Å²) < 4.78 is 11.4. The van der Waals surface area contributed by atoms with Crippen molar-refractivity contribution in [1.29, 1.82) is 0 Å². The van der Waals surface area contributed by atoms with E-state index in [-0.39, 0.29) is 6.10 Å². The van der Waals surface area contributed by atoms with E-state index in [1.165, 1.54) is 5.56 Å². The predicted octanol–water partition coefficient (Wildman–Crippen LogP) is 2.05. The maximum absolute atomic E-state index is 5.78. The predicted molar refractivity (Wildman–Crippen MR) is 68.7 cm³/mol. The van der Waals surface area contributed by atoms with E-state index in [0.717, 1.165) is 12.2 Å². The molecule has 4 nitrogen and oxygen atoms in total. The van der Waals surface area contributed by atoms with Crippen LogP contribution in [-0.2, 0) is 6.42 Å². The van der Waals surface area contributed by atoms with Crippen molar-refractivity contribution >= 4 is 5.82 Å². The van der Waals surface area contributed by atoms with Gasteiger partial charge in [-0.15, -0.1) is 0 Å². The molecule has 4 heteroatoms. The molecule has 0 spiro atoms. The Morgan fingerprint density at radius 2 is 2.17 bits per heavy atom. The van der Waals surface area contributed by atoms with Crippen molar-refractivity contribution in [3.63, 3.8) is 0 Å². The Balaban J connectivity index is 1.62. The molecule has 1 aliphatic rings. The Hall–Kier alpha value is -2.23. The lowest BCUT2D eigenvalue weighted by atomic mass is 10.1. The molecular formula is C14H14N2O2. The molecule has 0 aliphatic carbocycles. The molecule has 0 radical (unpaired) electrons. The van der Waals surface area contributed by atoms with Gasteiger partial charge in [-0.05, 0) is 23.8 Å². The number of rotatable bonds is 3. The SMILES string of the molecule is Nc1ncccc1OCC1Cc2ccccc2O1. The van der Waals surface area contributed by atoms with Gasteiger partial charge in [0.2, 0.25) is 0 Å². The minimum Gasteiger partial charge on any atom is -0.486 e. The standard InChI is InChI=1S/C14H14N2O2/c15-14-13(6-3-7-16-14)17-9-11-8-10-4-1-2-5-12(10)18-11/h1-7,11H,8-9H2,(H2,15,16). The summed E-state index contributed by atoms with van der Waals surface area (Å²) in [5.74, 6) is 1.97. The van der Waals surface area contributed by atoms with Gasteiger partial charge in [0.15, 0.2) is 11.6 Å². The van der Waals surface area contributed by atoms with E-state index in [2.05, 4.69) is 11.1 Å². The minimum atomic E-state index is 0.0435. The van der Waals surface area contributed by atoms with E-state index in [1.54, 1.807) is 12.3 Å². The fourth-order valence-corrected chi connectivity index (χ4v) is 2.05. The topological polar surface area (TPSA) is 57.4 Å². The van der Waals surface area contributed by atoms with Gasteiger partial charge in [-0.25, -0.2) is 4.98 Å². The largest absolute Gasteiger partial charge is 0.486 e. The Morgan fingerprint density at radius 3 is 3.00 bits per heavy atom. The molecule has 2 N–H and O–H groups in total. The van der Waals surface area contributed by atoms with Crippen LogP contribution in [0.4, 0.5) is 5.82 Å². The Labute approximate surface area is 105 Å². The highest BCUT2D eigenvalue weighted by Gasteiger charge is 2.22. The quantitative estimate of drug-likeness (QED) is 0.894. The summed E-state index contributed by atoms with van der Waals surface area (Å²) in [5.41, 5.74) is 6.94. The van der Waals surface area contributed by atoms with E-state index in [4.69, 9.17) is 15.2 Å². The molecular weight excluding hydrogens is 228 g/mol. The van der Waals surface area contributed by atoms with Crippen LogP contribution in [0.25, 0.3) is 0 Å². The summed E-state index contributed by atoms with van der Waals surface area (Å²) >= 11 is 0. The van der Waals surface area contributed by atoms with Crippen molar-refractivity contribution in [2.75, 3.05) is 12.3 Å². The van der Waals surface area contributed by atoms with Gasteiger partial charge in [0, 0.05) is 12.6 Å². The first-order valence-corrected chi connectivity index (χ1v) is 5.91. The number of pyridine rings is 1. The molecule has 92 valence electrons. The first-order valence-electron chi connectivity index (χ1n) is 5.91. The van der Waals surface area contributed by atoms with Gasteiger partial charge in [-0.2, -0.15) is 0 Å². The van der Waals surface area contributed by atoms with Crippen molar-refractivity contribution in [2.24, 2.45) is 0 Å². The van der Waals surface area contributed by atoms with Crippen molar-refractivity contribution in [1.82, 2.24) is 4.98 Å². The number of hydrogen-bond acceptors (Lipinski definition) is 4. The molecule has 2 heterocycles. The van der Waals surface area contributed by atoms with Crippen LogP contribution in [0.3, 0.4) is 0 Å². The lowest BCUT2D eigenvalue weighted by molar-refractivity contribution is 0.149. The molecule has 2 aromatic rings. The first kappa shape index (κ1) is 10.9. The number of nitrogens with two attached hydrogens (primary N) is 1. The molecule has 0 saturated carbocycles. The highest BCUT2D eigenvalue weighted by atomic mass is 16.5. The zero-order valence-electron chi connectivity index (χ0n) is 9.87. The summed E-state index contributed by atoms with van der Waals surface area (Å²) in [4.78, 5) is 3.98. The summed E-state index contributed by atoms with van der Waals surface area (Å²) in [6.45, 7) is 0.477. The van der Waals surface area contributed by atoms with Crippen LogP contribution in [0.2, 0.25) is 0 Å². The lowest BCUT2D eigenvalue weighted by Crippen LogP contribution is -2.22. The Bertz CT molecular complexity index is 532. The number of aromatic nitrogens is 1. The fraction of sp³-hybridized carbons (Fsp3) is 0.214. The summed E-state index contributed by atoms with van der Waals surface area (Å²) in [6, 6.07) is 11.7. The molecule has 3 rings (SSSR count). The number of fused-ring (bicyclic) bond motifs is 1. The molecule has 0 saturated heterocycles. The highest BCUT2D eigenvalue weighted by Crippen LogP contribution is 2.28. The van der Waals surface area contributed by atoms with Gasteiger partial charge in [-0.1, -0.05) is 18.2 Å². The molecule has 0 fully saturated rings. The molecule has 1 atom stereocenters. The third-order valence-corrected chi connectivity index (χ3v) is 2.94. The zero-order chi connectivity index (χ0) is 12.4. The van der Waals surface area contributed by atoms with Gasteiger partial charge < -0.3 is 15.2 Å². The van der Waals surface area contributed by atoms with Crippen molar-refractivity contribution in [3.8, 4) is 11.5 Å². The maximum Gasteiger partial charge on any atom is 0.166 e. The van der Waals surface area contributed by atoms with E-state index in [9.17, 15) is 0 Å². The number of anilines is 1. The van der Waals surface area contributed by atoms with Crippen LogP contribution in [-0.4, -0.2) is 17.7 Å². The number of hydrogen-bond donors (Lipinski definition) is 1. The van der Waals surface area contributed by atoms with Crippen molar-refractivity contribution in [2.45, 2.75) is 12.5 Å². The number of ether oxygens (including phenoxy) is 2. The molecule has 18 heavy (non-hydrogen) atoms. The van der Waals surface area contributed by atoms with Crippen LogP contribution in [0.15, 0.2) is 42.6 Å². The molecule has 1 unspecified atom stereocenters. The van der Waals surface area contributed by atoms with Crippen molar-refractivity contribution in [3.05, 3.63) is 48.2 Å². The Kier molecular flexibility index (Phi) is 2.76. The Morgan fingerprint density at radius 1 is 1.28 bits per heavy atom. The number of para-hydroxylation sites is 1. The molecule has 1 aliphatic heterocycles. The van der Waals surface area contributed by atoms with Crippen molar-refractivity contribution < 1.29 is 9.47 Å². The summed E-state index contributed by atoms with van der Waals surface area (Å²) in [7, 11) is 0. The average molecular weight is 242 g/mol. The normalized spacial score (nSPS) is 17.0. The molecule has 0 amide bonds. The second-order valence-electron chi connectivity index (χ2n) is 4.25.